The van der Waals surface area contributed by atoms with E-state index < -0.39 is 8.48 Å². The van der Waals surface area contributed by atoms with Crippen molar-refractivity contribution < 1.29 is 4.12 Å². The minimum Gasteiger partial charge on any atom is -0.445 e. The normalized spacial score (nSPS) is 12.0. The van der Waals surface area contributed by atoms with E-state index in [1.54, 1.807) is 0 Å². The molecule has 10 heavy (non-hydrogen) atoms. The third-order valence-electron chi connectivity index (χ3n) is 1.16. The molecule has 0 fully saturated rings. The van der Waals surface area contributed by atoms with Gasteiger partial charge in [0, 0.05) is 0 Å². The van der Waals surface area contributed by atoms with E-state index in [1.807, 2.05) is 0 Å². The van der Waals surface area contributed by atoms with E-state index in [0.717, 1.165) is 6.54 Å². The first-order valence-electron chi connectivity index (χ1n) is 3.72. The van der Waals surface area contributed by atoms with Gasteiger partial charge in [-0.3, -0.25) is 0 Å². The first-order valence-corrected chi connectivity index (χ1v) is 8.04. The molecule has 4 heteroatoms. The quantitative estimate of drug-likeness (QED) is 0.637. The molecule has 0 atom stereocenters. The summed E-state index contributed by atoms with van der Waals surface area (Å²) in [6.07, 6.45) is 1.19. The molecule has 0 aliphatic rings. The average Bonchev–Trinajstić information content (AvgIpc) is 1.84. The van der Waals surface area contributed by atoms with Crippen LogP contribution in [0, 0.1) is 0 Å². The van der Waals surface area contributed by atoms with Crippen LogP contribution in [0.2, 0.25) is 19.6 Å². The minimum absolute atomic E-state index is 0.620. The topological polar surface area (TPSA) is 21.3 Å². The van der Waals surface area contributed by atoms with Crippen LogP contribution in [-0.2, 0) is 4.12 Å². The zero-order valence-electron chi connectivity index (χ0n) is 7.32. The predicted molar refractivity (Wildman–Crippen MR) is 48.5 cm³/mol. The summed E-state index contributed by atoms with van der Waals surface area (Å²) in [5.74, 6) is 0. The van der Waals surface area contributed by atoms with E-state index >= 15 is 0 Å². The SMILES string of the molecule is CCCN[Si](C)(C)O[Si]C. The summed E-state index contributed by atoms with van der Waals surface area (Å²) in [5.41, 5.74) is 0. The zero-order chi connectivity index (χ0) is 8.04. The van der Waals surface area contributed by atoms with E-state index in [1.165, 1.54) is 6.42 Å². The number of hydrogen-bond donors (Lipinski definition) is 1. The number of nitrogens with one attached hydrogen (secondary N) is 1. The van der Waals surface area contributed by atoms with Gasteiger partial charge in [-0.15, -0.1) is 0 Å². The Bertz CT molecular complexity index is 87.8. The summed E-state index contributed by atoms with van der Waals surface area (Å²) in [6, 6.07) is 0. The highest BCUT2D eigenvalue weighted by molar-refractivity contribution is 6.72. The number of hydrogen-bond acceptors (Lipinski definition) is 2. The maximum absolute atomic E-state index is 5.59. The molecule has 0 rings (SSSR count). The Labute approximate surface area is 67.5 Å². The van der Waals surface area contributed by atoms with Crippen molar-refractivity contribution >= 4 is 18.2 Å². The molecule has 2 radical (unpaired) electrons. The van der Waals surface area contributed by atoms with E-state index in [-0.39, 0.29) is 0 Å². The third kappa shape index (κ3) is 5.16. The van der Waals surface area contributed by atoms with E-state index in [4.69, 9.17) is 4.12 Å². The monoisotopic (exact) mass is 175 g/mol. The molecule has 0 aromatic rings. The Morgan fingerprint density at radius 2 is 2.10 bits per heavy atom. The van der Waals surface area contributed by atoms with E-state index in [0.29, 0.717) is 9.76 Å². The van der Waals surface area contributed by atoms with Gasteiger partial charge in [0.25, 0.3) is 8.48 Å². The third-order valence-corrected chi connectivity index (χ3v) is 5.12. The van der Waals surface area contributed by atoms with Crippen LogP contribution in [0.5, 0.6) is 0 Å². The summed E-state index contributed by atoms with van der Waals surface area (Å²) in [4.78, 5) is 3.43. The fourth-order valence-electron chi connectivity index (χ4n) is 0.717. The van der Waals surface area contributed by atoms with Gasteiger partial charge in [-0.25, -0.2) is 0 Å². The van der Waals surface area contributed by atoms with Crippen molar-refractivity contribution in [3.05, 3.63) is 0 Å². The van der Waals surface area contributed by atoms with Gasteiger partial charge in [-0.1, -0.05) is 6.92 Å². The second kappa shape index (κ2) is 5.06. The zero-order valence-corrected chi connectivity index (χ0v) is 9.32. The first-order chi connectivity index (χ1) is 4.62. The molecule has 1 N–H and O–H groups in total. The van der Waals surface area contributed by atoms with Crippen molar-refractivity contribution in [3.8, 4) is 0 Å². The second-order valence-corrected chi connectivity index (χ2v) is 7.34. The lowest BCUT2D eigenvalue weighted by Gasteiger charge is -2.22. The lowest BCUT2D eigenvalue weighted by Crippen LogP contribution is -2.48. The Morgan fingerprint density at radius 3 is 2.50 bits per heavy atom. The standard InChI is InChI=1S/C6H17NOSi2/c1-5-6-7-10(3,4)8-9-2/h7H,5-6H2,1-4H3. The summed E-state index contributed by atoms with van der Waals surface area (Å²) in [5, 5.41) is 0. The fraction of sp³-hybridized carbons (Fsp3) is 1.00. The molecule has 0 saturated carbocycles. The Kier molecular flexibility index (Phi) is 5.24. The minimum atomic E-state index is -1.46. The van der Waals surface area contributed by atoms with Crippen LogP contribution in [0.4, 0.5) is 0 Å². The van der Waals surface area contributed by atoms with Crippen LogP contribution in [0.1, 0.15) is 13.3 Å². The molecule has 0 spiro atoms. The lowest BCUT2D eigenvalue weighted by molar-refractivity contribution is 0.561. The van der Waals surface area contributed by atoms with Crippen LogP contribution in [0.15, 0.2) is 0 Å². The first kappa shape index (κ1) is 10.4. The summed E-state index contributed by atoms with van der Waals surface area (Å²) in [7, 11) is -0.842. The van der Waals surface area contributed by atoms with Crippen molar-refractivity contribution in [1.29, 1.82) is 0 Å². The van der Waals surface area contributed by atoms with Crippen LogP contribution >= 0.6 is 0 Å². The van der Waals surface area contributed by atoms with Crippen LogP contribution in [0.3, 0.4) is 0 Å². The Morgan fingerprint density at radius 1 is 1.50 bits per heavy atom. The second-order valence-electron chi connectivity index (χ2n) is 2.74. The van der Waals surface area contributed by atoms with Gasteiger partial charge in [0.2, 0.25) is 9.76 Å². The van der Waals surface area contributed by atoms with Crippen LogP contribution in [0.25, 0.3) is 0 Å². The molecule has 0 aliphatic heterocycles. The number of rotatable bonds is 5. The molecular formula is C6H17NOSi2. The van der Waals surface area contributed by atoms with Crippen molar-refractivity contribution in [2.45, 2.75) is 33.0 Å². The van der Waals surface area contributed by atoms with E-state index in [2.05, 4.69) is 31.5 Å². The molecule has 0 saturated heterocycles. The average molecular weight is 175 g/mol. The summed E-state index contributed by atoms with van der Waals surface area (Å²) < 4.78 is 5.59. The van der Waals surface area contributed by atoms with E-state index in [9.17, 15) is 0 Å². The highest BCUT2D eigenvalue weighted by atomic mass is 28.4. The molecular weight excluding hydrogens is 158 g/mol. The van der Waals surface area contributed by atoms with Gasteiger partial charge < -0.3 is 9.10 Å². The molecule has 2 nitrogen and oxygen atoms in total. The van der Waals surface area contributed by atoms with Gasteiger partial charge in [0.15, 0.2) is 0 Å². The Hall–Kier alpha value is 0.354. The smallest absolute Gasteiger partial charge is 0.251 e. The summed E-state index contributed by atoms with van der Waals surface area (Å²) >= 11 is 0. The maximum Gasteiger partial charge on any atom is 0.251 e. The molecule has 60 valence electrons. The van der Waals surface area contributed by atoms with Gasteiger partial charge in [-0.05, 0) is 32.6 Å². The van der Waals surface area contributed by atoms with Crippen molar-refractivity contribution in [2.24, 2.45) is 0 Å². The highest BCUT2D eigenvalue weighted by Gasteiger charge is 2.19. The molecule has 0 heterocycles. The fourth-order valence-corrected chi connectivity index (χ4v) is 3.90. The molecule has 0 aliphatic carbocycles. The van der Waals surface area contributed by atoms with Crippen molar-refractivity contribution in [3.63, 3.8) is 0 Å². The van der Waals surface area contributed by atoms with Crippen molar-refractivity contribution in [2.75, 3.05) is 6.54 Å². The highest BCUT2D eigenvalue weighted by Crippen LogP contribution is 1.97. The van der Waals surface area contributed by atoms with Gasteiger partial charge in [0.05, 0.1) is 0 Å². The van der Waals surface area contributed by atoms with Crippen LogP contribution < -0.4 is 4.98 Å². The van der Waals surface area contributed by atoms with Crippen molar-refractivity contribution in [1.82, 2.24) is 4.98 Å². The van der Waals surface area contributed by atoms with Gasteiger partial charge in [0.1, 0.15) is 0 Å². The summed E-state index contributed by atoms with van der Waals surface area (Å²) in [6.45, 7) is 9.72. The van der Waals surface area contributed by atoms with Gasteiger partial charge in [-0.2, -0.15) is 0 Å². The molecule has 0 bridgehead atoms. The molecule has 0 unspecified atom stereocenters. The Balaban J connectivity index is 3.42. The largest absolute Gasteiger partial charge is 0.445 e. The lowest BCUT2D eigenvalue weighted by atomic mass is 10.5. The van der Waals surface area contributed by atoms with Crippen LogP contribution in [-0.4, -0.2) is 24.8 Å². The van der Waals surface area contributed by atoms with Gasteiger partial charge >= 0.3 is 0 Å². The molecule has 0 aromatic heterocycles. The molecule has 0 aromatic carbocycles. The predicted octanol–water partition coefficient (Wildman–Crippen LogP) is 1.37. The maximum atomic E-state index is 5.59. The molecule has 0 amide bonds.